The molecule has 0 radical (unpaired) electrons. The first-order valence-corrected chi connectivity index (χ1v) is 5.72. The summed E-state index contributed by atoms with van der Waals surface area (Å²) in [6, 6.07) is 3.42. The van der Waals surface area contributed by atoms with E-state index in [0.717, 1.165) is 12.1 Å². The number of ether oxygens (including phenoxy) is 1. The number of fused-ring (bicyclic) bond motifs is 1. The number of alkyl halides is 3. The Kier molecular flexibility index (Phi) is 3.77. The summed E-state index contributed by atoms with van der Waals surface area (Å²) in [7, 11) is 1.53. The fourth-order valence-corrected chi connectivity index (χ4v) is 1.81. The SMILES string of the molecule is COC(CN)Cc1nc2ccc(C(F)(F)F)cc2[nH]1. The van der Waals surface area contributed by atoms with Crippen molar-refractivity contribution >= 4 is 11.0 Å². The van der Waals surface area contributed by atoms with Crippen molar-refractivity contribution in [3.8, 4) is 0 Å². The van der Waals surface area contributed by atoms with Crippen LogP contribution in [0, 0.1) is 0 Å². The zero-order valence-corrected chi connectivity index (χ0v) is 10.3. The molecule has 0 saturated heterocycles. The summed E-state index contributed by atoms with van der Waals surface area (Å²) in [5.41, 5.74) is 5.65. The van der Waals surface area contributed by atoms with Crippen LogP contribution in [-0.2, 0) is 17.3 Å². The van der Waals surface area contributed by atoms with E-state index in [1.807, 2.05) is 0 Å². The number of benzene rings is 1. The smallest absolute Gasteiger partial charge is 0.380 e. The Balaban J connectivity index is 2.30. The molecule has 4 nitrogen and oxygen atoms in total. The van der Waals surface area contributed by atoms with Gasteiger partial charge in [-0.05, 0) is 18.2 Å². The van der Waals surface area contributed by atoms with Crippen LogP contribution in [0.4, 0.5) is 13.2 Å². The Bertz CT molecular complexity index is 561. The molecule has 1 atom stereocenters. The number of halogens is 3. The van der Waals surface area contributed by atoms with E-state index in [4.69, 9.17) is 10.5 Å². The van der Waals surface area contributed by atoms with Gasteiger partial charge in [-0.25, -0.2) is 4.98 Å². The molecule has 0 aliphatic carbocycles. The first-order valence-electron chi connectivity index (χ1n) is 5.72. The first-order chi connectivity index (χ1) is 8.94. The van der Waals surface area contributed by atoms with Gasteiger partial charge in [0.25, 0.3) is 0 Å². The number of aromatic nitrogens is 2. The Labute approximate surface area is 107 Å². The van der Waals surface area contributed by atoms with Crippen molar-refractivity contribution in [1.29, 1.82) is 0 Å². The molecule has 0 aliphatic rings. The molecule has 2 rings (SSSR count). The lowest BCUT2D eigenvalue weighted by atomic mass is 10.2. The largest absolute Gasteiger partial charge is 0.416 e. The molecule has 0 spiro atoms. The van der Waals surface area contributed by atoms with Crippen molar-refractivity contribution in [2.75, 3.05) is 13.7 Å². The van der Waals surface area contributed by atoms with Gasteiger partial charge < -0.3 is 15.5 Å². The van der Waals surface area contributed by atoms with Crippen LogP contribution in [0.25, 0.3) is 11.0 Å². The van der Waals surface area contributed by atoms with Gasteiger partial charge in [-0.1, -0.05) is 0 Å². The molecule has 1 aromatic carbocycles. The Morgan fingerprint density at radius 2 is 2.16 bits per heavy atom. The third kappa shape index (κ3) is 3.05. The summed E-state index contributed by atoms with van der Waals surface area (Å²) >= 11 is 0. The van der Waals surface area contributed by atoms with E-state index >= 15 is 0 Å². The van der Waals surface area contributed by atoms with Crippen LogP contribution in [0.1, 0.15) is 11.4 Å². The highest BCUT2D eigenvalue weighted by atomic mass is 19.4. The highest BCUT2D eigenvalue weighted by Crippen LogP contribution is 2.30. The Morgan fingerprint density at radius 3 is 2.74 bits per heavy atom. The van der Waals surface area contributed by atoms with Crippen LogP contribution < -0.4 is 5.73 Å². The van der Waals surface area contributed by atoms with Gasteiger partial charge in [-0.2, -0.15) is 13.2 Å². The molecule has 0 bridgehead atoms. The molecular formula is C12H14F3N3O. The van der Waals surface area contributed by atoms with Gasteiger partial charge in [0, 0.05) is 20.1 Å². The summed E-state index contributed by atoms with van der Waals surface area (Å²) in [4.78, 5) is 7.07. The summed E-state index contributed by atoms with van der Waals surface area (Å²) in [5.74, 6) is 0.562. The highest BCUT2D eigenvalue weighted by molar-refractivity contribution is 5.76. The standard InChI is InChI=1S/C12H14F3N3O/c1-19-8(6-16)5-11-17-9-3-2-7(12(13,14)15)4-10(9)18-11/h2-4,8H,5-6,16H2,1H3,(H,17,18). The number of H-pyrrole nitrogens is 1. The molecule has 1 aromatic heterocycles. The lowest BCUT2D eigenvalue weighted by molar-refractivity contribution is -0.137. The topological polar surface area (TPSA) is 63.9 Å². The van der Waals surface area contributed by atoms with Gasteiger partial charge in [-0.3, -0.25) is 0 Å². The number of imidazole rings is 1. The number of rotatable bonds is 4. The van der Waals surface area contributed by atoms with Gasteiger partial charge in [0.2, 0.25) is 0 Å². The third-order valence-electron chi connectivity index (χ3n) is 2.88. The normalized spacial score (nSPS) is 13.9. The van der Waals surface area contributed by atoms with Crippen molar-refractivity contribution in [3.05, 3.63) is 29.6 Å². The van der Waals surface area contributed by atoms with E-state index in [9.17, 15) is 13.2 Å². The van der Waals surface area contributed by atoms with Gasteiger partial charge >= 0.3 is 6.18 Å². The molecule has 0 fully saturated rings. The maximum Gasteiger partial charge on any atom is 0.416 e. The van der Waals surface area contributed by atoms with E-state index in [1.54, 1.807) is 0 Å². The maximum atomic E-state index is 12.6. The Hall–Kier alpha value is -1.60. The molecule has 3 N–H and O–H groups in total. The zero-order chi connectivity index (χ0) is 14.0. The number of aromatic amines is 1. The minimum atomic E-state index is -4.36. The number of hydrogen-bond acceptors (Lipinski definition) is 3. The van der Waals surface area contributed by atoms with Gasteiger partial charge in [0.1, 0.15) is 5.82 Å². The van der Waals surface area contributed by atoms with Crippen LogP contribution in [0.5, 0.6) is 0 Å². The van der Waals surface area contributed by atoms with Gasteiger partial charge in [0.05, 0.1) is 22.7 Å². The number of hydrogen-bond donors (Lipinski definition) is 2. The maximum absolute atomic E-state index is 12.6. The fraction of sp³-hybridized carbons (Fsp3) is 0.417. The lowest BCUT2D eigenvalue weighted by Crippen LogP contribution is -2.25. The molecule has 7 heteroatoms. The lowest BCUT2D eigenvalue weighted by Gasteiger charge is -2.09. The average molecular weight is 273 g/mol. The monoisotopic (exact) mass is 273 g/mol. The van der Waals surface area contributed by atoms with E-state index in [1.165, 1.54) is 13.2 Å². The van der Waals surface area contributed by atoms with Crippen molar-refractivity contribution in [2.45, 2.75) is 18.7 Å². The molecule has 0 saturated carbocycles. The number of methoxy groups -OCH3 is 1. The van der Waals surface area contributed by atoms with E-state index in [0.29, 0.717) is 29.8 Å². The number of nitrogens with two attached hydrogens (primary N) is 1. The Morgan fingerprint density at radius 1 is 1.42 bits per heavy atom. The second-order valence-electron chi connectivity index (χ2n) is 4.21. The molecule has 104 valence electrons. The summed E-state index contributed by atoms with van der Waals surface area (Å²) < 4.78 is 42.8. The predicted octanol–water partition coefficient (Wildman–Crippen LogP) is 2.10. The van der Waals surface area contributed by atoms with Crippen molar-refractivity contribution in [3.63, 3.8) is 0 Å². The van der Waals surface area contributed by atoms with Crippen LogP contribution in [0.2, 0.25) is 0 Å². The molecule has 1 unspecified atom stereocenters. The molecule has 0 aliphatic heterocycles. The molecule has 19 heavy (non-hydrogen) atoms. The zero-order valence-electron chi connectivity index (χ0n) is 10.3. The average Bonchev–Trinajstić information content (AvgIpc) is 2.76. The summed E-state index contributed by atoms with van der Waals surface area (Å²) in [5, 5.41) is 0. The summed E-state index contributed by atoms with van der Waals surface area (Å²) in [6.07, 6.45) is -4.13. The van der Waals surface area contributed by atoms with E-state index < -0.39 is 11.7 Å². The summed E-state index contributed by atoms with van der Waals surface area (Å²) in [6.45, 7) is 0.321. The molecule has 2 aromatic rings. The van der Waals surface area contributed by atoms with Crippen molar-refractivity contribution < 1.29 is 17.9 Å². The molecule has 0 amide bonds. The van der Waals surface area contributed by atoms with Crippen molar-refractivity contribution in [2.24, 2.45) is 5.73 Å². The minimum Gasteiger partial charge on any atom is -0.380 e. The van der Waals surface area contributed by atoms with E-state index in [2.05, 4.69) is 9.97 Å². The minimum absolute atomic E-state index is 0.206. The van der Waals surface area contributed by atoms with E-state index in [-0.39, 0.29) is 6.10 Å². The number of nitrogens with one attached hydrogen (secondary N) is 1. The highest BCUT2D eigenvalue weighted by Gasteiger charge is 2.30. The van der Waals surface area contributed by atoms with Crippen LogP contribution >= 0.6 is 0 Å². The van der Waals surface area contributed by atoms with Gasteiger partial charge in [-0.15, -0.1) is 0 Å². The predicted molar refractivity (Wildman–Crippen MR) is 64.7 cm³/mol. The molecule has 1 heterocycles. The second-order valence-corrected chi connectivity index (χ2v) is 4.21. The molecular weight excluding hydrogens is 259 g/mol. The first kappa shape index (κ1) is 13.8. The third-order valence-corrected chi connectivity index (χ3v) is 2.88. The van der Waals surface area contributed by atoms with Crippen molar-refractivity contribution in [1.82, 2.24) is 9.97 Å². The fourth-order valence-electron chi connectivity index (χ4n) is 1.81. The number of nitrogens with zero attached hydrogens (tertiary/aromatic N) is 1. The second kappa shape index (κ2) is 5.18. The van der Waals surface area contributed by atoms with Crippen LogP contribution in [0.15, 0.2) is 18.2 Å². The van der Waals surface area contributed by atoms with Crippen LogP contribution in [-0.4, -0.2) is 29.7 Å². The van der Waals surface area contributed by atoms with Crippen LogP contribution in [0.3, 0.4) is 0 Å². The quantitative estimate of drug-likeness (QED) is 0.896. The van der Waals surface area contributed by atoms with Gasteiger partial charge in [0.15, 0.2) is 0 Å².